The zero-order chi connectivity index (χ0) is 16.9. The lowest BCUT2D eigenvalue weighted by Gasteiger charge is -2.18. The van der Waals surface area contributed by atoms with E-state index < -0.39 is 17.8 Å². The zero-order valence-corrected chi connectivity index (χ0v) is 12.6. The molecule has 22 heavy (non-hydrogen) atoms. The molecule has 0 saturated heterocycles. The number of hydrogen-bond acceptors (Lipinski definition) is 6. The van der Waals surface area contributed by atoms with Crippen LogP contribution in [0.15, 0.2) is 18.2 Å². The lowest BCUT2D eigenvalue weighted by atomic mass is 10.1. The fraction of sp³-hybridized carbons (Fsp3) is 0.357. The largest absolute Gasteiger partial charge is 0.517 e. The molecule has 8 nitrogen and oxygen atoms in total. The maximum atomic E-state index is 11.4. The number of aromatic hydroxyl groups is 1. The molecule has 0 aliphatic rings. The maximum Gasteiger partial charge on any atom is 0.517 e. The Morgan fingerprint density at radius 2 is 2.00 bits per heavy atom. The van der Waals surface area contributed by atoms with Crippen LogP contribution in [0, 0.1) is 5.41 Å². The van der Waals surface area contributed by atoms with Crippen molar-refractivity contribution in [2.45, 2.75) is 32.9 Å². The van der Waals surface area contributed by atoms with E-state index in [1.807, 2.05) is 0 Å². The van der Waals surface area contributed by atoms with E-state index in [2.05, 4.69) is 10.1 Å². The van der Waals surface area contributed by atoms with Gasteiger partial charge in [0.2, 0.25) is 0 Å². The van der Waals surface area contributed by atoms with Gasteiger partial charge in [-0.2, -0.15) is 0 Å². The molecule has 0 aliphatic carbocycles. The maximum absolute atomic E-state index is 11.4. The van der Waals surface area contributed by atoms with Gasteiger partial charge in [-0.15, -0.1) is 0 Å². The summed E-state index contributed by atoms with van der Waals surface area (Å²) in [7, 11) is 0. The zero-order valence-electron chi connectivity index (χ0n) is 12.6. The van der Waals surface area contributed by atoms with Crippen LogP contribution in [0.2, 0.25) is 0 Å². The highest BCUT2D eigenvalue weighted by atomic mass is 16.8. The highest BCUT2D eigenvalue weighted by molar-refractivity contribution is 5.97. The highest BCUT2D eigenvalue weighted by Gasteiger charge is 2.20. The molecule has 1 aromatic carbocycles. The number of phenolic OH excluding ortho intramolecular Hbond substituents is 1. The number of carbonyl (C=O) groups is 2. The number of nitrogens with one attached hydrogen (secondary N) is 2. The normalized spacial score (nSPS) is 10.7. The molecule has 120 valence electrons. The number of hydrogen-bond donors (Lipinski definition) is 4. The highest BCUT2D eigenvalue weighted by Crippen LogP contribution is 2.18. The average Bonchev–Trinajstić information content (AvgIpc) is 2.33. The minimum atomic E-state index is -1.10. The second-order valence-electron chi connectivity index (χ2n) is 5.47. The molecule has 8 heteroatoms. The standard InChI is InChI=1S/C14H19N3O5/c1-14(2,3)22-13(20)21-12(19)17-7-8-4-5-9(11(15)16)10(18)6-8/h4-6,18H,7H2,1-3H3,(H3,15,16)(H,17,19). The van der Waals surface area contributed by atoms with Gasteiger partial charge in [-0.05, 0) is 38.5 Å². The van der Waals surface area contributed by atoms with Crippen LogP contribution in [-0.2, 0) is 16.0 Å². The van der Waals surface area contributed by atoms with E-state index in [4.69, 9.17) is 15.9 Å². The van der Waals surface area contributed by atoms with E-state index in [9.17, 15) is 14.7 Å². The quantitative estimate of drug-likeness (QED) is 0.291. The summed E-state index contributed by atoms with van der Waals surface area (Å²) in [6, 6.07) is 4.38. The van der Waals surface area contributed by atoms with E-state index in [0.717, 1.165) is 0 Å². The van der Waals surface area contributed by atoms with Crippen molar-refractivity contribution in [1.82, 2.24) is 5.32 Å². The second kappa shape index (κ2) is 6.79. The Morgan fingerprint density at radius 1 is 1.36 bits per heavy atom. The van der Waals surface area contributed by atoms with Crippen LogP contribution in [0.4, 0.5) is 9.59 Å². The van der Waals surface area contributed by atoms with Crippen molar-refractivity contribution in [3.05, 3.63) is 29.3 Å². The Balaban J connectivity index is 2.53. The summed E-state index contributed by atoms with van der Waals surface area (Å²) in [5.41, 5.74) is 5.26. The fourth-order valence-electron chi connectivity index (χ4n) is 1.47. The molecular formula is C14H19N3O5. The van der Waals surface area contributed by atoms with E-state index in [1.165, 1.54) is 12.1 Å². The van der Waals surface area contributed by atoms with Gasteiger partial charge in [-0.1, -0.05) is 6.07 Å². The molecule has 0 heterocycles. The van der Waals surface area contributed by atoms with Crippen LogP contribution in [0.3, 0.4) is 0 Å². The summed E-state index contributed by atoms with van der Waals surface area (Å²) < 4.78 is 9.23. The van der Waals surface area contributed by atoms with Crippen molar-refractivity contribution in [2.75, 3.05) is 0 Å². The predicted molar refractivity (Wildman–Crippen MR) is 78.7 cm³/mol. The van der Waals surface area contributed by atoms with E-state index in [-0.39, 0.29) is 23.7 Å². The average molecular weight is 309 g/mol. The molecule has 0 atom stereocenters. The van der Waals surface area contributed by atoms with Gasteiger partial charge < -0.3 is 25.6 Å². The van der Waals surface area contributed by atoms with Crippen molar-refractivity contribution in [2.24, 2.45) is 5.73 Å². The SMILES string of the molecule is CC(C)(C)OC(=O)OC(=O)NCc1ccc(C(=N)N)c(O)c1. The summed E-state index contributed by atoms with van der Waals surface area (Å²) in [4.78, 5) is 22.7. The minimum absolute atomic E-state index is 0.0212. The number of amidine groups is 1. The van der Waals surface area contributed by atoms with Gasteiger partial charge in [0.15, 0.2) is 0 Å². The molecule has 1 amide bonds. The number of nitrogens with two attached hydrogens (primary N) is 1. The van der Waals surface area contributed by atoms with Gasteiger partial charge in [0.25, 0.3) is 0 Å². The summed E-state index contributed by atoms with van der Waals surface area (Å²) in [6.45, 7) is 4.95. The number of phenols is 1. The third-order valence-electron chi connectivity index (χ3n) is 2.35. The number of amides is 1. The summed E-state index contributed by atoms with van der Waals surface area (Å²) >= 11 is 0. The van der Waals surface area contributed by atoms with Crippen molar-refractivity contribution >= 4 is 18.1 Å². The lowest BCUT2D eigenvalue weighted by Crippen LogP contribution is -2.30. The van der Waals surface area contributed by atoms with Crippen LogP contribution in [0.5, 0.6) is 5.75 Å². The second-order valence-corrected chi connectivity index (χ2v) is 5.47. The van der Waals surface area contributed by atoms with Crippen LogP contribution in [-0.4, -0.2) is 28.8 Å². The summed E-state index contributed by atoms with van der Waals surface area (Å²) in [5.74, 6) is -0.436. The van der Waals surface area contributed by atoms with Crippen LogP contribution in [0.1, 0.15) is 31.9 Å². The summed E-state index contributed by atoms with van der Waals surface area (Å²) in [6.07, 6.45) is -2.07. The molecule has 0 aliphatic heterocycles. The number of carbonyl (C=O) groups excluding carboxylic acids is 2. The first-order valence-electron chi connectivity index (χ1n) is 6.43. The topological polar surface area (TPSA) is 135 Å². The molecule has 5 N–H and O–H groups in total. The third kappa shape index (κ3) is 5.70. The first-order chi connectivity index (χ1) is 10.1. The Labute approximate surface area is 127 Å². The molecule has 0 unspecified atom stereocenters. The van der Waals surface area contributed by atoms with Crippen molar-refractivity contribution in [3.63, 3.8) is 0 Å². The molecule has 1 rings (SSSR count). The van der Waals surface area contributed by atoms with Gasteiger partial charge in [0.1, 0.15) is 17.2 Å². The molecule has 0 radical (unpaired) electrons. The summed E-state index contributed by atoms with van der Waals surface area (Å²) in [5, 5.41) is 19.2. The number of rotatable bonds is 3. The molecule has 0 spiro atoms. The Hall–Kier alpha value is -2.77. The number of nitrogen functional groups attached to an aromatic ring is 1. The minimum Gasteiger partial charge on any atom is -0.507 e. The van der Waals surface area contributed by atoms with Crippen LogP contribution < -0.4 is 11.1 Å². The van der Waals surface area contributed by atoms with Crippen molar-refractivity contribution < 1.29 is 24.2 Å². The Kier molecular flexibility index (Phi) is 5.33. The van der Waals surface area contributed by atoms with Crippen molar-refractivity contribution in [3.8, 4) is 5.75 Å². The lowest BCUT2D eigenvalue weighted by molar-refractivity contribution is 0.00894. The van der Waals surface area contributed by atoms with E-state index >= 15 is 0 Å². The monoisotopic (exact) mass is 309 g/mol. The van der Waals surface area contributed by atoms with Gasteiger partial charge in [0, 0.05) is 6.54 Å². The third-order valence-corrected chi connectivity index (χ3v) is 2.35. The fourth-order valence-corrected chi connectivity index (χ4v) is 1.47. The Morgan fingerprint density at radius 3 is 2.50 bits per heavy atom. The van der Waals surface area contributed by atoms with Gasteiger partial charge in [-0.25, -0.2) is 9.59 Å². The molecule has 0 aromatic heterocycles. The van der Waals surface area contributed by atoms with Crippen LogP contribution >= 0.6 is 0 Å². The molecule has 1 aromatic rings. The number of ether oxygens (including phenoxy) is 2. The van der Waals surface area contributed by atoms with Gasteiger partial charge in [-0.3, -0.25) is 5.41 Å². The Bertz CT molecular complexity index is 593. The van der Waals surface area contributed by atoms with E-state index in [1.54, 1.807) is 26.8 Å². The number of alkyl carbamates (subject to hydrolysis) is 1. The number of benzene rings is 1. The first kappa shape index (κ1) is 17.3. The molecule has 0 fully saturated rings. The predicted octanol–water partition coefficient (Wildman–Crippen LogP) is 1.84. The smallest absolute Gasteiger partial charge is 0.507 e. The van der Waals surface area contributed by atoms with E-state index in [0.29, 0.717) is 5.56 Å². The van der Waals surface area contributed by atoms with Gasteiger partial charge >= 0.3 is 12.2 Å². The molecule has 0 saturated carbocycles. The molecule has 0 bridgehead atoms. The first-order valence-corrected chi connectivity index (χ1v) is 6.43. The van der Waals surface area contributed by atoms with Crippen LogP contribution in [0.25, 0.3) is 0 Å². The molecular weight excluding hydrogens is 290 g/mol. The van der Waals surface area contributed by atoms with Gasteiger partial charge in [0.05, 0.1) is 5.56 Å². The van der Waals surface area contributed by atoms with Crippen molar-refractivity contribution in [1.29, 1.82) is 5.41 Å².